The van der Waals surface area contributed by atoms with Gasteiger partial charge in [0.25, 0.3) is 5.91 Å². The first-order valence-electron chi connectivity index (χ1n) is 7.18. The molecule has 130 valence electrons. The summed E-state index contributed by atoms with van der Waals surface area (Å²) in [7, 11) is 1.56. The number of aromatic nitrogens is 1. The first kappa shape index (κ1) is 17.5. The lowest BCUT2D eigenvalue weighted by atomic mass is 10.2. The van der Waals surface area contributed by atoms with Gasteiger partial charge in [-0.25, -0.2) is 8.78 Å². The van der Waals surface area contributed by atoms with E-state index in [1.807, 2.05) is 0 Å². The zero-order valence-corrected chi connectivity index (χ0v) is 14.5. The van der Waals surface area contributed by atoms with Crippen molar-refractivity contribution in [1.29, 1.82) is 0 Å². The first-order valence-corrected chi connectivity index (χ1v) is 7.94. The molecule has 8 heteroatoms. The lowest BCUT2D eigenvalue weighted by Crippen LogP contribution is -2.32. The van der Waals surface area contributed by atoms with Crippen molar-refractivity contribution in [3.05, 3.63) is 75.9 Å². The maximum Gasteiger partial charge on any atom is 0.275 e. The molecule has 1 amide bonds. The number of anilines is 1. The molecule has 3 aromatic rings. The molecular formula is C17H12Cl2F2N2O2. The van der Waals surface area contributed by atoms with Crippen LogP contribution in [0.15, 0.2) is 47.1 Å². The molecule has 0 saturated carbocycles. The van der Waals surface area contributed by atoms with Crippen molar-refractivity contribution in [3.63, 3.8) is 0 Å². The van der Waals surface area contributed by atoms with E-state index in [2.05, 4.69) is 0 Å². The number of nitrogens with zero attached hydrogens (tertiary/aromatic N) is 2. The SMILES string of the molecule is Cn1c(C(=O)N(Cc2ccco2)c2ccc(F)cc2F)cc(Cl)c1Cl. The molecule has 4 nitrogen and oxygen atoms in total. The molecule has 1 aromatic carbocycles. The van der Waals surface area contributed by atoms with Crippen LogP contribution in [0.1, 0.15) is 16.2 Å². The predicted octanol–water partition coefficient (Wildman–Crippen LogP) is 5.05. The molecule has 0 fully saturated rings. The van der Waals surface area contributed by atoms with Gasteiger partial charge in [0.1, 0.15) is 28.2 Å². The molecule has 0 radical (unpaired) electrons. The van der Waals surface area contributed by atoms with E-state index in [1.54, 1.807) is 19.2 Å². The van der Waals surface area contributed by atoms with E-state index in [9.17, 15) is 13.6 Å². The first-order chi connectivity index (χ1) is 11.9. The maximum atomic E-state index is 14.3. The van der Waals surface area contributed by atoms with Crippen molar-refractivity contribution < 1.29 is 18.0 Å². The van der Waals surface area contributed by atoms with Crippen molar-refractivity contribution in [2.75, 3.05) is 4.90 Å². The van der Waals surface area contributed by atoms with Crippen LogP contribution in [0, 0.1) is 11.6 Å². The van der Waals surface area contributed by atoms with Crippen molar-refractivity contribution in [3.8, 4) is 0 Å². The van der Waals surface area contributed by atoms with Crippen LogP contribution in [0.3, 0.4) is 0 Å². The highest BCUT2D eigenvalue weighted by Crippen LogP contribution is 2.29. The minimum atomic E-state index is -0.869. The minimum absolute atomic E-state index is 0.0468. The molecule has 0 saturated heterocycles. The summed E-state index contributed by atoms with van der Waals surface area (Å²) in [5.41, 5.74) is 0.0709. The number of halogens is 4. The van der Waals surface area contributed by atoms with Gasteiger partial charge in [0.2, 0.25) is 0 Å². The zero-order chi connectivity index (χ0) is 18.1. The van der Waals surface area contributed by atoms with Gasteiger partial charge < -0.3 is 8.98 Å². The average Bonchev–Trinajstić information content (AvgIpc) is 3.17. The third-order valence-electron chi connectivity index (χ3n) is 3.68. The Kier molecular flexibility index (Phi) is 4.83. The fraction of sp³-hybridized carbons (Fsp3) is 0.118. The summed E-state index contributed by atoms with van der Waals surface area (Å²) in [6.07, 6.45) is 1.44. The van der Waals surface area contributed by atoms with E-state index in [0.29, 0.717) is 11.8 Å². The molecule has 25 heavy (non-hydrogen) atoms. The van der Waals surface area contributed by atoms with Crippen molar-refractivity contribution in [2.24, 2.45) is 7.05 Å². The molecule has 0 unspecified atom stereocenters. The van der Waals surface area contributed by atoms with E-state index in [-0.39, 0.29) is 28.1 Å². The average molecular weight is 385 g/mol. The van der Waals surface area contributed by atoms with Crippen LogP contribution in [-0.2, 0) is 13.6 Å². The van der Waals surface area contributed by atoms with Gasteiger partial charge in [-0.15, -0.1) is 0 Å². The summed E-state index contributed by atoms with van der Waals surface area (Å²) in [5.74, 6) is -1.73. The van der Waals surface area contributed by atoms with E-state index in [0.717, 1.165) is 11.0 Å². The molecule has 0 N–H and O–H groups in total. The number of carbonyl (C=O) groups is 1. The Bertz CT molecular complexity index is 923. The molecule has 0 bridgehead atoms. The number of hydrogen-bond donors (Lipinski definition) is 0. The van der Waals surface area contributed by atoms with E-state index in [1.165, 1.54) is 23.0 Å². The smallest absolute Gasteiger partial charge is 0.275 e. The molecule has 0 aliphatic carbocycles. The van der Waals surface area contributed by atoms with Gasteiger partial charge in [-0.1, -0.05) is 23.2 Å². The second-order valence-corrected chi connectivity index (χ2v) is 6.06. The second-order valence-electron chi connectivity index (χ2n) is 5.29. The van der Waals surface area contributed by atoms with Crippen molar-refractivity contribution in [2.45, 2.75) is 6.54 Å². The van der Waals surface area contributed by atoms with Crippen LogP contribution in [0.25, 0.3) is 0 Å². The second kappa shape index (κ2) is 6.90. The summed E-state index contributed by atoms with van der Waals surface area (Å²) in [6, 6.07) is 7.66. The molecule has 3 rings (SSSR count). The van der Waals surface area contributed by atoms with Gasteiger partial charge >= 0.3 is 0 Å². The third-order valence-corrected chi connectivity index (χ3v) is 4.52. The Hall–Kier alpha value is -2.31. The number of benzene rings is 1. The summed E-state index contributed by atoms with van der Waals surface area (Å²) in [5, 5.41) is 0.382. The number of amides is 1. The molecule has 2 aromatic heterocycles. The molecule has 0 spiro atoms. The number of furan rings is 1. The van der Waals surface area contributed by atoms with E-state index in [4.69, 9.17) is 27.6 Å². The Morgan fingerprint density at radius 2 is 2.00 bits per heavy atom. The monoisotopic (exact) mass is 384 g/mol. The summed E-state index contributed by atoms with van der Waals surface area (Å²) in [4.78, 5) is 14.1. The Balaban J connectivity index is 2.06. The number of carbonyl (C=O) groups excluding carboxylic acids is 1. The molecular weight excluding hydrogens is 373 g/mol. The third kappa shape index (κ3) is 3.41. The Labute approximate surface area is 152 Å². The fourth-order valence-corrected chi connectivity index (χ4v) is 2.79. The largest absolute Gasteiger partial charge is 0.467 e. The van der Waals surface area contributed by atoms with Crippen LogP contribution in [0.4, 0.5) is 14.5 Å². The van der Waals surface area contributed by atoms with Crippen molar-refractivity contribution >= 4 is 34.8 Å². The molecule has 0 aliphatic heterocycles. The lowest BCUT2D eigenvalue weighted by molar-refractivity contribution is 0.0974. The van der Waals surface area contributed by atoms with Crippen LogP contribution < -0.4 is 4.90 Å². The topological polar surface area (TPSA) is 38.4 Å². The highest BCUT2D eigenvalue weighted by Gasteiger charge is 2.26. The Morgan fingerprint density at radius 1 is 1.24 bits per heavy atom. The van der Waals surface area contributed by atoms with Gasteiger partial charge in [-0.05, 0) is 30.3 Å². The zero-order valence-electron chi connectivity index (χ0n) is 13.0. The normalized spacial score (nSPS) is 10.9. The van der Waals surface area contributed by atoms with Gasteiger partial charge in [-0.2, -0.15) is 0 Å². The Morgan fingerprint density at radius 3 is 2.56 bits per heavy atom. The molecule has 2 heterocycles. The van der Waals surface area contributed by atoms with Gasteiger partial charge in [0.15, 0.2) is 0 Å². The summed E-state index contributed by atoms with van der Waals surface area (Å²) >= 11 is 12.0. The van der Waals surface area contributed by atoms with Crippen LogP contribution in [-0.4, -0.2) is 10.5 Å². The van der Waals surface area contributed by atoms with Gasteiger partial charge in [0, 0.05) is 13.1 Å². The summed E-state index contributed by atoms with van der Waals surface area (Å²) < 4.78 is 34.1. The van der Waals surface area contributed by atoms with Gasteiger partial charge in [0.05, 0.1) is 23.5 Å². The predicted molar refractivity (Wildman–Crippen MR) is 91.0 cm³/mol. The van der Waals surface area contributed by atoms with E-state index >= 15 is 0 Å². The quantitative estimate of drug-likeness (QED) is 0.631. The molecule has 0 atom stereocenters. The fourth-order valence-electron chi connectivity index (χ4n) is 2.41. The highest BCUT2D eigenvalue weighted by atomic mass is 35.5. The summed E-state index contributed by atoms with van der Waals surface area (Å²) in [6.45, 7) is -0.0468. The van der Waals surface area contributed by atoms with Crippen LogP contribution in [0.5, 0.6) is 0 Å². The van der Waals surface area contributed by atoms with Gasteiger partial charge in [-0.3, -0.25) is 9.69 Å². The van der Waals surface area contributed by atoms with Crippen molar-refractivity contribution in [1.82, 2.24) is 4.57 Å². The lowest BCUT2D eigenvalue weighted by Gasteiger charge is -2.22. The highest BCUT2D eigenvalue weighted by molar-refractivity contribution is 6.42. The van der Waals surface area contributed by atoms with Crippen LogP contribution >= 0.6 is 23.2 Å². The molecule has 0 aliphatic rings. The standard InChI is InChI=1S/C17H12Cl2F2N2O2/c1-22-15(8-12(18)16(22)19)17(24)23(9-11-3-2-6-25-11)14-5-4-10(20)7-13(14)21/h2-8H,9H2,1H3. The number of rotatable bonds is 4. The minimum Gasteiger partial charge on any atom is -0.467 e. The van der Waals surface area contributed by atoms with E-state index < -0.39 is 17.5 Å². The number of hydrogen-bond acceptors (Lipinski definition) is 2. The van der Waals surface area contributed by atoms with Crippen LogP contribution in [0.2, 0.25) is 10.2 Å². The maximum absolute atomic E-state index is 14.3.